The molecule has 1 atom stereocenters. The van der Waals surface area contributed by atoms with Gasteiger partial charge in [0.25, 0.3) is 0 Å². The number of carbonyl (C=O) groups is 1. The van der Waals surface area contributed by atoms with Crippen LogP contribution < -0.4 is 10.6 Å². The van der Waals surface area contributed by atoms with E-state index in [0.29, 0.717) is 22.0 Å². The molecule has 2 aromatic carbocycles. The standard InChI is InChI=1S/C22H19N5O2S/c28-22(24-16-17-3-1-12-23-15-17)26-18-4-8-20(9-5-18)30(29)21-10-6-19(7-11-21)27-14-2-13-25-27/h1-15H,16H2,(H2,24,26,28). The maximum atomic E-state index is 12.8. The van der Waals surface area contributed by atoms with E-state index in [-0.39, 0.29) is 6.03 Å². The zero-order valence-corrected chi connectivity index (χ0v) is 16.8. The normalized spacial score (nSPS) is 11.6. The van der Waals surface area contributed by atoms with Crippen LogP contribution in [0.4, 0.5) is 10.5 Å². The summed E-state index contributed by atoms with van der Waals surface area (Å²) in [6.45, 7) is 0.385. The SMILES string of the molecule is O=C(NCc1cccnc1)Nc1ccc(S(=O)c2ccc(-n3cccn3)cc2)cc1. The lowest BCUT2D eigenvalue weighted by Gasteiger charge is -2.09. The average Bonchev–Trinajstić information content (AvgIpc) is 3.34. The fourth-order valence-corrected chi connectivity index (χ4v) is 3.84. The van der Waals surface area contributed by atoms with E-state index < -0.39 is 10.8 Å². The molecular formula is C22H19N5O2S. The van der Waals surface area contributed by atoms with E-state index in [1.54, 1.807) is 47.5 Å². The Labute approximate surface area is 176 Å². The highest BCUT2D eigenvalue weighted by molar-refractivity contribution is 7.85. The van der Waals surface area contributed by atoms with Crippen LogP contribution in [-0.4, -0.2) is 25.0 Å². The molecule has 8 heteroatoms. The maximum Gasteiger partial charge on any atom is 0.319 e. The Hall–Kier alpha value is -3.78. The first kappa shape index (κ1) is 19.5. The molecule has 4 aromatic rings. The molecule has 7 nitrogen and oxygen atoms in total. The van der Waals surface area contributed by atoms with E-state index in [1.165, 1.54) is 0 Å². The van der Waals surface area contributed by atoms with Crippen molar-refractivity contribution in [1.82, 2.24) is 20.1 Å². The molecule has 0 radical (unpaired) electrons. The third-order valence-corrected chi connectivity index (χ3v) is 5.72. The third-order valence-electron chi connectivity index (χ3n) is 4.32. The predicted molar refractivity (Wildman–Crippen MR) is 115 cm³/mol. The fraction of sp³-hybridized carbons (Fsp3) is 0.0455. The fourth-order valence-electron chi connectivity index (χ4n) is 2.80. The molecule has 0 fully saturated rings. The number of aromatic nitrogens is 3. The number of rotatable bonds is 6. The first-order valence-electron chi connectivity index (χ1n) is 9.25. The summed E-state index contributed by atoms with van der Waals surface area (Å²) in [7, 11) is -1.32. The minimum Gasteiger partial charge on any atom is -0.334 e. The molecule has 0 bridgehead atoms. The first-order chi connectivity index (χ1) is 14.7. The number of nitrogens with one attached hydrogen (secondary N) is 2. The highest BCUT2D eigenvalue weighted by Crippen LogP contribution is 2.20. The molecule has 4 rings (SSSR count). The van der Waals surface area contributed by atoms with E-state index in [2.05, 4.69) is 20.7 Å². The van der Waals surface area contributed by atoms with E-state index >= 15 is 0 Å². The van der Waals surface area contributed by atoms with E-state index in [9.17, 15) is 9.00 Å². The highest BCUT2D eigenvalue weighted by Gasteiger charge is 2.09. The number of urea groups is 1. The lowest BCUT2D eigenvalue weighted by Crippen LogP contribution is -2.28. The van der Waals surface area contributed by atoms with Crippen LogP contribution in [0.25, 0.3) is 5.69 Å². The van der Waals surface area contributed by atoms with Crippen molar-refractivity contribution in [3.63, 3.8) is 0 Å². The maximum absolute atomic E-state index is 12.8. The van der Waals surface area contributed by atoms with Gasteiger partial charge in [0, 0.05) is 46.8 Å². The number of pyridine rings is 1. The summed E-state index contributed by atoms with van der Waals surface area (Å²) in [5.74, 6) is 0. The molecule has 2 aromatic heterocycles. The van der Waals surface area contributed by atoms with Gasteiger partial charge in [-0.15, -0.1) is 0 Å². The molecule has 30 heavy (non-hydrogen) atoms. The van der Waals surface area contributed by atoms with Gasteiger partial charge >= 0.3 is 6.03 Å². The van der Waals surface area contributed by atoms with Gasteiger partial charge < -0.3 is 10.6 Å². The van der Waals surface area contributed by atoms with Gasteiger partial charge in [0.2, 0.25) is 0 Å². The molecule has 1 unspecified atom stereocenters. The Bertz CT molecular complexity index is 1130. The van der Waals surface area contributed by atoms with E-state index in [4.69, 9.17) is 0 Å². The van der Waals surface area contributed by atoms with Crippen molar-refractivity contribution in [2.75, 3.05) is 5.32 Å². The molecule has 0 aliphatic rings. The summed E-state index contributed by atoms with van der Waals surface area (Å²) in [5.41, 5.74) is 2.43. The van der Waals surface area contributed by atoms with E-state index in [1.807, 2.05) is 48.7 Å². The number of nitrogens with zero attached hydrogens (tertiary/aromatic N) is 3. The smallest absolute Gasteiger partial charge is 0.319 e. The van der Waals surface area contributed by atoms with Crippen molar-refractivity contribution in [3.8, 4) is 5.69 Å². The van der Waals surface area contributed by atoms with Crippen LogP contribution in [0.3, 0.4) is 0 Å². The highest BCUT2D eigenvalue weighted by atomic mass is 32.2. The van der Waals surface area contributed by atoms with Crippen LogP contribution in [-0.2, 0) is 17.3 Å². The number of amides is 2. The Morgan fingerprint density at radius 1 is 0.933 bits per heavy atom. The lowest BCUT2D eigenvalue weighted by atomic mass is 10.3. The number of carbonyl (C=O) groups excluding carboxylic acids is 1. The lowest BCUT2D eigenvalue weighted by molar-refractivity contribution is 0.251. The molecule has 0 saturated carbocycles. The van der Waals surface area contributed by atoms with Gasteiger partial charge in [-0.05, 0) is 66.2 Å². The van der Waals surface area contributed by atoms with Crippen molar-refractivity contribution in [2.24, 2.45) is 0 Å². The van der Waals surface area contributed by atoms with Gasteiger partial charge in [-0.25, -0.2) is 13.7 Å². The summed E-state index contributed by atoms with van der Waals surface area (Å²) >= 11 is 0. The second-order valence-corrected chi connectivity index (χ2v) is 7.89. The van der Waals surface area contributed by atoms with Crippen LogP contribution in [0.5, 0.6) is 0 Å². The van der Waals surface area contributed by atoms with Crippen molar-refractivity contribution in [3.05, 3.63) is 97.1 Å². The topological polar surface area (TPSA) is 88.9 Å². The van der Waals surface area contributed by atoms with E-state index in [0.717, 1.165) is 11.3 Å². The van der Waals surface area contributed by atoms with Gasteiger partial charge in [0.15, 0.2) is 0 Å². The van der Waals surface area contributed by atoms with Gasteiger partial charge in [-0.3, -0.25) is 4.98 Å². The van der Waals surface area contributed by atoms with Crippen LogP contribution in [0.2, 0.25) is 0 Å². The van der Waals surface area contributed by atoms with Gasteiger partial charge in [-0.2, -0.15) is 5.10 Å². The largest absolute Gasteiger partial charge is 0.334 e. The summed E-state index contributed by atoms with van der Waals surface area (Å²) in [4.78, 5) is 17.4. The average molecular weight is 417 g/mol. The Balaban J connectivity index is 1.35. The summed E-state index contributed by atoms with van der Waals surface area (Å²) < 4.78 is 14.6. The Morgan fingerprint density at radius 2 is 1.67 bits per heavy atom. The van der Waals surface area contributed by atoms with Crippen molar-refractivity contribution >= 4 is 22.5 Å². The zero-order chi connectivity index (χ0) is 20.8. The van der Waals surface area contributed by atoms with Crippen molar-refractivity contribution < 1.29 is 9.00 Å². The second kappa shape index (κ2) is 9.15. The minimum atomic E-state index is -1.32. The molecule has 0 aliphatic carbocycles. The summed E-state index contributed by atoms with van der Waals surface area (Å²) in [6, 6.07) is 19.6. The zero-order valence-electron chi connectivity index (χ0n) is 15.9. The first-order valence-corrected chi connectivity index (χ1v) is 10.4. The quantitative estimate of drug-likeness (QED) is 0.500. The third kappa shape index (κ3) is 4.79. The summed E-state index contributed by atoms with van der Waals surface area (Å²) in [5, 5.41) is 9.71. The summed E-state index contributed by atoms with van der Waals surface area (Å²) in [6.07, 6.45) is 6.94. The number of hydrogen-bond donors (Lipinski definition) is 2. The van der Waals surface area contributed by atoms with Crippen LogP contribution in [0.15, 0.2) is 101 Å². The monoisotopic (exact) mass is 417 g/mol. The minimum absolute atomic E-state index is 0.318. The molecule has 0 aliphatic heterocycles. The van der Waals surface area contributed by atoms with Gasteiger partial charge in [0.05, 0.1) is 16.5 Å². The van der Waals surface area contributed by atoms with Crippen molar-refractivity contribution in [2.45, 2.75) is 16.3 Å². The molecular weight excluding hydrogens is 398 g/mol. The van der Waals surface area contributed by atoms with Gasteiger partial charge in [-0.1, -0.05) is 6.07 Å². The molecule has 150 valence electrons. The molecule has 2 N–H and O–H groups in total. The van der Waals surface area contributed by atoms with Gasteiger partial charge in [0.1, 0.15) is 0 Å². The van der Waals surface area contributed by atoms with Crippen LogP contribution >= 0.6 is 0 Å². The molecule has 0 saturated heterocycles. The molecule has 2 amide bonds. The molecule has 2 heterocycles. The number of hydrogen-bond acceptors (Lipinski definition) is 4. The Kier molecular flexibility index (Phi) is 5.95. The number of benzene rings is 2. The number of anilines is 1. The van der Waals surface area contributed by atoms with Crippen LogP contribution in [0, 0.1) is 0 Å². The Morgan fingerprint density at radius 3 is 2.30 bits per heavy atom. The van der Waals surface area contributed by atoms with Crippen LogP contribution in [0.1, 0.15) is 5.56 Å². The van der Waals surface area contributed by atoms with Crippen molar-refractivity contribution in [1.29, 1.82) is 0 Å². The predicted octanol–water partition coefficient (Wildman–Crippen LogP) is 3.76. The second-order valence-electron chi connectivity index (χ2n) is 6.41. The molecule has 0 spiro atoms.